The highest BCUT2D eigenvalue weighted by Gasteiger charge is 2.24. The summed E-state index contributed by atoms with van der Waals surface area (Å²) in [7, 11) is 0. The number of aromatic nitrogens is 2. The van der Waals surface area contributed by atoms with E-state index in [0.717, 1.165) is 35.4 Å². The van der Waals surface area contributed by atoms with Crippen molar-refractivity contribution in [3.8, 4) is 0 Å². The molecule has 0 aliphatic carbocycles. The van der Waals surface area contributed by atoms with E-state index in [1.807, 2.05) is 55.5 Å². The zero-order valence-electron chi connectivity index (χ0n) is 17.0. The first-order valence-corrected chi connectivity index (χ1v) is 10.2. The summed E-state index contributed by atoms with van der Waals surface area (Å²) >= 11 is 0. The van der Waals surface area contributed by atoms with Crippen LogP contribution in [0.3, 0.4) is 0 Å². The van der Waals surface area contributed by atoms with Crippen LogP contribution in [-0.2, 0) is 22.7 Å². The zero-order valence-corrected chi connectivity index (χ0v) is 17.0. The van der Waals surface area contributed by atoms with Gasteiger partial charge in [0.15, 0.2) is 0 Å². The third-order valence-corrected chi connectivity index (χ3v) is 5.23. The fourth-order valence-corrected chi connectivity index (χ4v) is 3.66. The Hall–Kier alpha value is -3.48. The second-order valence-corrected chi connectivity index (χ2v) is 7.39. The van der Waals surface area contributed by atoms with Crippen LogP contribution in [0.4, 0.5) is 0 Å². The molecule has 2 amide bonds. The van der Waals surface area contributed by atoms with Crippen molar-refractivity contribution in [1.29, 1.82) is 0 Å². The predicted octanol–water partition coefficient (Wildman–Crippen LogP) is 3.03. The van der Waals surface area contributed by atoms with Crippen LogP contribution in [0.25, 0.3) is 11.0 Å². The number of rotatable bonds is 7. The molecule has 2 heterocycles. The smallest absolute Gasteiger partial charge is 0.267 e. The molecule has 4 rings (SSSR count). The Morgan fingerprint density at radius 3 is 2.67 bits per heavy atom. The fourth-order valence-electron chi connectivity index (χ4n) is 3.66. The number of imidazole rings is 1. The van der Waals surface area contributed by atoms with E-state index in [9.17, 15) is 9.59 Å². The highest BCUT2D eigenvalue weighted by molar-refractivity contribution is 6.39. The van der Waals surface area contributed by atoms with E-state index in [-0.39, 0.29) is 11.8 Å². The molecular weight excluding hydrogens is 378 g/mol. The molecule has 1 aromatic heterocycles. The Labute approximate surface area is 175 Å². The fraction of sp³-hybridized carbons (Fsp3) is 0.304. The van der Waals surface area contributed by atoms with Gasteiger partial charge in [-0.3, -0.25) is 9.59 Å². The van der Waals surface area contributed by atoms with Crippen LogP contribution < -0.4 is 5.32 Å². The van der Waals surface area contributed by atoms with Crippen LogP contribution in [0, 0.1) is 6.92 Å². The maximum atomic E-state index is 12.5. The van der Waals surface area contributed by atoms with Gasteiger partial charge < -0.3 is 9.88 Å². The van der Waals surface area contributed by atoms with Gasteiger partial charge in [-0.2, -0.15) is 5.10 Å². The van der Waals surface area contributed by atoms with Gasteiger partial charge >= 0.3 is 0 Å². The van der Waals surface area contributed by atoms with E-state index in [2.05, 4.69) is 26.0 Å². The molecule has 0 bridgehead atoms. The van der Waals surface area contributed by atoms with Crippen molar-refractivity contribution in [1.82, 2.24) is 19.9 Å². The summed E-state index contributed by atoms with van der Waals surface area (Å²) in [6.07, 6.45) is 1.47. The molecule has 7 nitrogen and oxygen atoms in total. The van der Waals surface area contributed by atoms with Gasteiger partial charge in [0, 0.05) is 25.9 Å². The van der Waals surface area contributed by atoms with Crippen molar-refractivity contribution >= 4 is 28.6 Å². The van der Waals surface area contributed by atoms with Gasteiger partial charge in [0.05, 0.1) is 17.6 Å². The quantitative estimate of drug-likeness (QED) is 0.616. The summed E-state index contributed by atoms with van der Waals surface area (Å²) in [6.45, 7) is 3.69. The predicted molar refractivity (Wildman–Crippen MR) is 116 cm³/mol. The third-order valence-electron chi connectivity index (χ3n) is 5.23. The van der Waals surface area contributed by atoms with Crippen LogP contribution in [0.2, 0.25) is 0 Å². The molecule has 0 saturated carbocycles. The lowest BCUT2D eigenvalue weighted by Crippen LogP contribution is -2.39. The van der Waals surface area contributed by atoms with E-state index in [4.69, 9.17) is 0 Å². The molecule has 0 saturated heterocycles. The molecule has 0 atom stereocenters. The minimum atomic E-state index is -0.201. The molecule has 2 aromatic carbocycles. The Balaban J connectivity index is 1.32. The monoisotopic (exact) mass is 403 g/mol. The van der Waals surface area contributed by atoms with Crippen LogP contribution in [0.1, 0.15) is 30.7 Å². The lowest BCUT2D eigenvalue weighted by atomic mass is 10.1. The molecule has 1 aliphatic heterocycles. The number of carbonyl (C=O) groups is 2. The molecule has 0 spiro atoms. The second kappa shape index (κ2) is 8.90. The molecule has 0 unspecified atom stereocenters. The minimum Gasteiger partial charge on any atom is -0.351 e. The number of nitrogens with one attached hydrogen (secondary N) is 1. The topological polar surface area (TPSA) is 79.6 Å². The number of nitrogens with zero attached hydrogens (tertiary/aromatic N) is 4. The van der Waals surface area contributed by atoms with Crippen molar-refractivity contribution < 1.29 is 9.59 Å². The number of hydrogen-bond acceptors (Lipinski definition) is 4. The Kier molecular flexibility index (Phi) is 5.88. The van der Waals surface area contributed by atoms with Crippen LogP contribution in [0.15, 0.2) is 59.7 Å². The van der Waals surface area contributed by atoms with Crippen molar-refractivity contribution in [2.24, 2.45) is 5.10 Å². The molecule has 1 N–H and O–H groups in total. The molecule has 0 radical (unpaired) electrons. The summed E-state index contributed by atoms with van der Waals surface area (Å²) in [5.41, 5.74) is 3.49. The largest absolute Gasteiger partial charge is 0.351 e. The summed E-state index contributed by atoms with van der Waals surface area (Å²) in [5, 5.41) is 8.65. The highest BCUT2D eigenvalue weighted by atomic mass is 16.2. The normalized spacial score (nSPS) is 14.1. The average molecular weight is 403 g/mol. The van der Waals surface area contributed by atoms with Gasteiger partial charge in [-0.05, 0) is 31.0 Å². The number of fused-ring (bicyclic) bond motifs is 1. The summed E-state index contributed by atoms with van der Waals surface area (Å²) in [6, 6.07) is 17.7. The number of hydrogen-bond donors (Lipinski definition) is 1. The van der Waals surface area contributed by atoms with E-state index in [1.54, 1.807) is 0 Å². The van der Waals surface area contributed by atoms with Gasteiger partial charge in [0.2, 0.25) is 5.91 Å². The molecular formula is C23H25N5O2. The third kappa shape index (κ3) is 4.40. The first-order valence-electron chi connectivity index (χ1n) is 10.2. The number of aryl methyl sites for hydroxylation is 2. The molecule has 7 heteroatoms. The zero-order chi connectivity index (χ0) is 20.9. The number of hydrazone groups is 1. The molecule has 1 aliphatic rings. The van der Waals surface area contributed by atoms with Crippen molar-refractivity contribution in [3.63, 3.8) is 0 Å². The first-order chi connectivity index (χ1) is 14.6. The van der Waals surface area contributed by atoms with Gasteiger partial charge in [-0.15, -0.1) is 0 Å². The van der Waals surface area contributed by atoms with Crippen LogP contribution >= 0.6 is 0 Å². The van der Waals surface area contributed by atoms with Crippen LogP contribution in [-0.4, -0.2) is 38.6 Å². The SMILES string of the molecule is Cc1nc2ccccc2n1CCCNC(=O)C1=NN(Cc2ccccc2)C(=O)CC1. The summed E-state index contributed by atoms with van der Waals surface area (Å²) in [5.74, 6) is 0.708. The molecule has 30 heavy (non-hydrogen) atoms. The second-order valence-electron chi connectivity index (χ2n) is 7.39. The van der Waals surface area contributed by atoms with Gasteiger partial charge in [-0.25, -0.2) is 9.99 Å². The van der Waals surface area contributed by atoms with Crippen molar-refractivity contribution in [2.75, 3.05) is 6.54 Å². The van der Waals surface area contributed by atoms with Gasteiger partial charge in [0.25, 0.3) is 5.91 Å². The van der Waals surface area contributed by atoms with Crippen molar-refractivity contribution in [3.05, 3.63) is 66.0 Å². The lowest BCUT2D eigenvalue weighted by molar-refractivity contribution is -0.132. The Bertz CT molecular complexity index is 1090. The van der Waals surface area contributed by atoms with Crippen LogP contribution in [0.5, 0.6) is 0 Å². The summed E-state index contributed by atoms with van der Waals surface area (Å²) < 4.78 is 2.17. The average Bonchev–Trinajstić information content (AvgIpc) is 3.08. The van der Waals surface area contributed by atoms with Gasteiger partial charge in [0.1, 0.15) is 11.5 Å². The summed E-state index contributed by atoms with van der Waals surface area (Å²) in [4.78, 5) is 29.3. The highest BCUT2D eigenvalue weighted by Crippen LogP contribution is 2.16. The minimum absolute atomic E-state index is 0.0575. The van der Waals surface area contributed by atoms with E-state index in [0.29, 0.717) is 31.6 Å². The van der Waals surface area contributed by atoms with Gasteiger partial charge in [-0.1, -0.05) is 42.5 Å². The lowest BCUT2D eigenvalue weighted by Gasteiger charge is -2.23. The van der Waals surface area contributed by atoms with E-state index >= 15 is 0 Å². The molecule has 154 valence electrons. The number of para-hydroxylation sites is 2. The van der Waals surface area contributed by atoms with Crippen molar-refractivity contribution in [2.45, 2.75) is 39.3 Å². The molecule has 0 fully saturated rings. The number of amides is 2. The number of carbonyl (C=O) groups excluding carboxylic acids is 2. The molecule has 3 aromatic rings. The van der Waals surface area contributed by atoms with E-state index in [1.165, 1.54) is 5.01 Å². The Morgan fingerprint density at radius 2 is 1.83 bits per heavy atom. The maximum absolute atomic E-state index is 12.5. The van der Waals surface area contributed by atoms with E-state index < -0.39 is 0 Å². The number of benzene rings is 2. The maximum Gasteiger partial charge on any atom is 0.267 e. The standard InChI is InChI=1S/C23H25N5O2/c1-17-25-19-10-5-6-11-21(19)27(17)15-7-14-24-23(30)20-12-13-22(29)28(26-20)16-18-8-3-2-4-9-18/h2-6,8-11H,7,12-16H2,1H3,(H,24,30). The first kappa shape index (κ1) is 19.8. The Morgan fingerprint density at radius 1 is 1.07 bits per heavy atom.